The maximum atomic E-state index is 11.9. The summed E-state index contributed by atoms with van der Waals surface area (Å²) >= 11 is 0. The zero-order valence-electron chi connectivity index (χ0n) is 12.5. The third-order valence-electron chi connectivity index (χ3n) is 3.38. The van der Waals surface area contributed by atoms with Gasteiger partial charge in [0, 0.05) is 29.8 Å². The van der Waals surface area contributed by atoms with Crippen LogP contribution in [0, 0.1) is 0 Å². The number of carbonyl (C=O) groups is 1. The molecule has 3 aromatic rings. The van der Waals surface area contributed by atoms with Crippen molar-refractivity contribution in [1.82, 2.24) is 14.8 Å². The molecule has 3 rings (SSSR count). The van der Waals surface area contributed by atoms with Crippen molar-refractivity contribution in [3.63, 3.8) is 0 Å². The van der Waals surface area contributed by atoms with Crippen LogP contribution in [0.15, 0.2) is 36.5 Å². The number of aromatic nitrogens is 3. The van der Waals surface area contributed by atoms with E-state index in [2.05, 4.69) is 10.1 Å². The highest BCUT2D eigenvalue weighted by atomic mass is 16.5. The molecule has 0 spiro atoms. The fourth-order valence-electron chi connectivity index (χ4n) is 2.38. The van der Waals surface area contributed by atoms with E-state index in [1.54, 1.807) is 25.0 Å². The molecule has 0 radical (unpaired) electrons. The van der Waals surface area contributed by atoms with Gasteiger partial charge in [-0.1, -0.05) is 18.2 Å². The van der Waals surface area contributed by atoms with Crippen LogP contribution < -0.4 is 4.74 Å². The van der Waals surface area contributed by atoms with Crippen LogP contribution >= 0.6 is 0 Å². The summed E-state index contributed by atoms with van der Waals surface area (Å²) in [6.07, 6.45) is 1.75. The van der Waals surface area contributed by atoms with Crippen molar-refractivity contribution < 1.29 is 14.3 Å². The average Bonchev–Trinajstić information content (AvgIpc) is 2.94. The van der Waals surface area contributed by atoms with Crippen LogP contribution in [0.4, 0.5) is 0 Å². The average molecular weight is 297 g/mol. The molecule has 6 heteroatoms. The van der Waals surface area contributed by atoms with Crippen LogP contribution in [0.2, 0.25) is 0 Å². The first kappa shape index (κ1) is 14.1. The van der Waals surface area contributed by atoms with Crippen molar-refractivity contribution in [3.8, 4) is 17.0 Å². The van der Waals surface area contributed by atoms with Crippen LogP contribution in [0.5, 0.6) is 5.88 Å². The summed E-state index contributed by atoms with van der Waals surface area (Å²) in [6.45, 7) is 0. The number of benzene rings is 1. The molecule has 2 heterocycles. The minimum atomic E-state index is -0.495. The topological polar surface area (TPSA) is 66.2 Å². The number of aryl methyl sites for hydroxylation is 1. The highest BCUT2D eigenvalue weighted by Gasteiger charge is 2.21. The molecule has 112 valence electrons. The third kappa shape index (κ3) is 2.28. The van der Waals surface area contributed by atoms with Gasteiger partial charge in [0.15, 0.2) is 5.69 Å². The monoisotopic (exact) mass is 297 g/mol. The van der Waals surface area contributed by atoms with Crippen molar-refractivity contribution >= 4 is 16.9 Å². The summed E-state index contributed by atoms with van der Waals surface area (Å²) in [4.78, 5) is 16.4. The minimum Gasteiger partial charge on any atom is -0.481 e. The molecule has 0 unspecified atom stereocenters. The first-order chi connectivity index (χ1) is 10.6. The maximum absolute atomic E-state index is 11.9. The second-order valence-corrected chi connectivity index (χ2v) is 4.79. The predicted octanol–water partition coefficient (Wildman–Crippen LogP) is 2.43. The number of para-hydroxylation sites is 1. The molecular formula is C16H15N3O3. The second kappa shape index (κ2) is 5.48. The summed E-state index contributed by atoms with van der Waals surface area (Å²) in [6, 6.07) is 9.65. The Balaban J connectivity index is 2.27. The zero-order chi connectivity index (χ0) is 15.7. The van der Waals surface area contributed by atoms with Gasteiger partial charge >= 0.3 is 5.97 Å². The number of fused-ring (bicyclic) bond motifs is 1. The van der Waals surface area contributed by atoms with Gasteiger partial charge in [-0.25, -0.2) is 9.78 Å². The minimum absolute atomic E-state index is 0.236. The summed E-state index contributed by atoms with van der Waals surface area (Å²) in [5, 5.41) is 5.13. The van der Waals surface area contributed by atoms with Crippen molar-refractivity contribution in [2.75, 3.05) is 14.2 Å². The molecule has 0 saturated heterocycles. The van der Waals surface area contributed by atoms with Gasteiger partial charge in [0.25, 0.3) is 0 Å². The van der Waals surface area contributed by atoms with Crippen LogP contribution in [-0.2, 0) is 11.8 Å². The van der Waals surface area contributed by atoms with Crippen molar-refractivity contribution in [3.05, 3.63) is 42.2 Å². The van der Waals surface area contributed by atoms with E-state index in [4.69, 9.17) is 9.47 Å². The Morgan fingerprint density at radius 3 is 2.68 bits per heavy atom. The number of esters is 1. The van der Waals surface area contributed by atoms with Crippen LogP contribution in [0.3, 0.4) is 0 Å². The van der Waals surface area contributed by atoms with E-state index in [9.17, 15) is 4.79 Å². The van der Waals surface area contributed by atoms with Crippen molar-refractivity contribution in [2.24, 2.45) is 7.05 Å². The van der Waals surface area contributed by atoms with E-state index in [1.807, 2.05) is 30.3 Å². The smallest absolute Gasteiger partial charge is 0.359 e. The normalized spacial score (nSPS) is 10.7. The van der Waals surface area contributed by atoms with E-state index >= 15 is 0 Å². The molecule has 1 aromatic carbocycles. The highest BCUT2D eigenvalue weighted by Crippen LogP contribution is 2.33. The number of pyridine rings is 1. The SMILES string of the molecule is COC(=O)c1nn(C)cc1-c1cc2ccccc2nc1OC. The lowest BCUT2D eigenvalue weighted by Crippen LogP contribution is -2.05. The Hall–Kier alpha value is -2.89. The van der Waals surface area contributed by atoms with E-state index in [-0.39, 0.29) is 5.69 Å². The van der Waals surface area contributed by atoms with E-state index in [0.717, 1.165) is 10.9 Å². The molecule has 2 aromatic heterocycles. The van der Waals surface area contributed by atoms with Gasteiger partial charge in [-0.05, 0) is 12.1 Å². The number of carbonyl (C=O) groups excluding carboxylic acids is 1. The number of hydrogen-bond donors (Lipinski definition) is 0. The Labute approximate surface area is 127 Å². The number of nitrogens with zero attached hydrogens (tertiary/aromatic N) is 3. The van der Waals surface area contributed by atoms with Gasteiger partial charge in [-0.15, -0.1) is 0 Å². The first-order valence-electron chi connectivity index (χ1n) is 6.70. The Kier molecular flexibility index (Phi) is 3.50. The molecule has 0 aliphatic heterocycles. The Bertz CT molecular complexity index is 855. The quantitative estimate of drug-likeness (QED) is 0.695. The van der Waals surface area contributed by atoms with Crippen molar-refractivity contribution in [1.29, 1.82) is 0 Å². The molecule has 6 nitrogen and oxygen atoms in total. The van der Waals surface area contributed by atoms with Crippen LogP contribution in [-0.4, -0.2) is 35.0 Å². The fourth-order valence-corrected chi connectivity index (χ4v) is 2.38. The number of rotatable bonds is 3. The van der Waals surface area contributed by atoms with Crippen LogP contribution in [0.25, 0.3) is 22.0 Å². The van der Waals surface area contributed by atoms with Gasteiger partial charge in [0.2, 0.25) is 5.88 Å². The number of ether oxygens (including phenoxy) is 2. The largest absolute Gasteiger partial charge is 0.481 e. The van der Waals surface area contributed by atoms with Gasteiger partial charge in [0.05, 0.1) is 19.7 Å². The molecular weight excluding hydrogens is 282 g/mol. The molecule has 0 saturated carbocycles. The van der Waals surface area contributed by atoms with Crippen molar-refractivity contribution in [2.45, 2.75) is 0 Å². The molecule has 0 amide bonds. The number of hydrogen-bond acceptors (Lipinski definition) is 5. The summed E-state index contributed by atoms with van der Waals surface area (Å²) in [5.74, 6) is -0.0531. The molecule has 0 atom stereocenters. The van der Waals surface area contributed by atoms with Gasteiger partial charge in [-0.2, -0.15) is 5.10 Å². The molecule has 0 aliphatic rings. The Morgan fingerprint density at radius 2 is 1.95 bits per heavy atom. The first-order valence-corrected chi connectivity index (χ1v) is 6.70. The molecule has 0 N–H and O–H groups in total. The molecule has 0 fully saturated rings. The van der Waals surface area contributed by atoms with Crippen LogP contribution in [0.1, 0.15) is 10.5 Å². The molecule has 0 bridgehead atoms. The maximum Gasteiger partial charge on any atom is 0.359 e. The molecule has 22 heavy (non-hydrogen) atoms. The van der Waals surface area contributed by atoms with E-state index in [0.29, 0.717) is 17.0 Å². The second-order valence-electron chi connectivity index (χ2n) is 4.79. The lowest BCUT2D eigenvalue weighted by Gasteiger charge is -2.09. The summed E-state index contributed by atoms with van der Waals surface area (Å²) in [7, 11) is 4.63. The van der Waals surface area contributed by atoms with E-state index < -0.39 is 5.97 Å². The van der Waals surface area contributed by atoms with E-state index in [1.165, 1.54) is 7.11 Å². The Morgan fingerprint density at radius 1 is 1.18 bits per heavy atom. The zero-order valence-corrected chi connectivity index (χ0v) is 12.5. The lowest BCUT2D eigenvalue weighted by atomic mass is 10.1. The van der Waals surface area contributed by atoms with Gasteiger partial charge < -0.3 is 9.47 Å². The summed E-state index contributed by atoms with van der Waals surface area (Å²) in [5.41, 5.74) is 2.39. The van der Waals surface area contributed by atoms with Gasteiger partial charge in [-0.3, -0.25) is 4.68 Å². The predicted molar refractivity (Wildman–Crippen MR) is 81.8 cm³/mol. The highest BCUT2D eigenvalue weighted by molar-refractivity contribution is 5.97. The fraction of sp³-hybridized carbons (Fsp3) is 0.188. The molecule has 0 aliphatic carbocycles. The third-order valence-corrected chi connectivity index (χ3v) is 3.38. The van der Waals surface area contributed by atoms with Gasteiger partial charge in [0.1, 0.15) is 0 Å². The standard InChI is InChI=1S/C16H15N3O3/c1-19-9-12(14(18-19)16(20)22-3)11-8-10-6-4-5-7-13(10)17-15(11)21-2/h4-9H,1-3H3. The summed E-state index contributed by atoms with van der Waals surface area (Å²) < 4.78 is 11.7. The lowest BCUT2D eigenvalue weighted by molar-refractivity contribution is 0.0594. The number of methoxy groups -OCH3 is 2.